The molecule has 1 N–H and O–H groups in total. The molecule has 0 saturated carbocycles. The fourth-order valence-corrected chi connectivity index (χ4v) is 3.84. The second-order valence-electron chi connectivity index (χ2n) is 5.41. The summed E-state index contributed by atoms with van der Waals surface area (Å²) in [6, 6.07) is 3.78. The van der Waals surface area contributed by atoms with E-state index in [0.717, 1.165) is 43.6 Å². The molecule has 1 aromatic rings. The molecule has 2 fully saturated rings. The summed E-state index contributed by atoms with van der Waals surface area (Å²) in [7, 11) is 0. The van der Waals surface area contributed by atoms with E-state index >= 15 is 0 Å². The Labute approximate surface area is 116 Å². The van der Waals surface area contributed by atoms with E-state index in [4.69, 9.17) is 0 Å². The van der Waals surface area contributed by atoms with Gasteiger partial charge in [-0.3, -0.25) is 9.59 Å². The topological polar surface area (TPSA) is 49.4 Å². The van der Waals surface area contributed by atoms with Crippen molar-refractivity contribution in [2.45, 2.75) is 25.7 Å². The third kappa shape index (κ3) is 2.27. The molecular formula is C14H18N2O2S. The van der Waals surface area contributed by atoms with Crippen LogP contribution in [0.5, 0.6) is 0 Å². The standard InChI is InChI=1S/C14H18N2O2S/c17-12(11-3-1-10-19-11)16-8-2-4-14(6-9-16)5-7-15-13(14)18/h1,3,10H,2,4-9H2,(H,15,18)/t14-/m1/s1. The minimum absolute atomic E-state index is 0.116. The van der Waals surface area contributed by atoms with Gasteiger partial charge in [0.15, 0.2) is 0 Å². The molecule has 0 unspecified atom stereocenters. The number of rotatable bonds is 1. The van der Waals surface area contributed by atoms with Gasteiger partial charge in [-0.2, -0.15) is 0 Å². The van der Waals surface area contributed by atoms with Crippen LogP contribution in [0.15, 0.2) is 17.5 Å². The first-order valence-electron chi connectivity index (χ1n) is 6.82. The number of hydrogen-bond acceptors (Lipinski definition) is 3. The molecule has 5 heteroatoms. The first-order valence-corrected chi connectivity index (χ1v) is 7.70. The second-order valence-corrected chi connectivity index (χ2v) is 6.36. The molecule has 2 aliphatic rings. The van der Waals surface area contributed by atoms with E-state index in [9.17, 15) is 9.59 Å². The van der Waals surface area contributed by atoms with E-state index < -0.39 is 0 Å². The largest absolute Gasteiger partial charge is 0.356 e. The molecule has 19 heavy (non-hydrogen) atoms. The Kier molecular flexibility index (Phi) is 3.31. The average Bonchev–Trinajstić information content (AvgIpc) is 2.98. The second kappa shape index (κ2) is 4.96. The maximum atomic E-state index is 12.3. The van der Waals surface area contributed by atoms with Gasteiger partial charge in [0, 0.05) is 19.6 Å². The normalized spacial score (nSPS) is 27.4. The molecule has 1 aromatic heterocycles. The summed E-state index contributed by atoms with van der Waals surface area (Å²) in [5.41, 5.74) is -0.204. The van der Waals surface area contributed by atoms with Crippen LogP contribution in [0.1, 0.15) is 35.4 Å². The monoisotopic (exact) mass is 278 g/mol. The van der Waals surface area contributed by atoms with Crippen LogP contribution in [0.25, 0.3) is 0 Å². The maximum Gasteiger partial charge on any atom is 0.263 e. The van der Waals surface area contributed by atoms with E-state index in [1.165, 1.54) is 11.3 Å². The minimum Gasteiger partial charge on any atom is -0.356 e. The Bertz CT molecular complexity index is 486. The number of carbonyl (C=O) groups is 2. The van der Waals surface area contributed by atoms with Gasteiger partial charge in [-0.15, -0.1) is 11.3 Å². The molecule has 2 aliphatic heterocycles. The zero-order valence-electron chi connectivity index (χ0n) is 10.9. The van der Waals surface area contributed by atoms with Gasteiger partial charge in [0.2, 0.25) is 5.91 Å². The lowest BCUT2D eigenvalue weighted by Crippen LogP contribution is -2.34. The smallest absolute Gasteiger partial charge is 0.263 e. The lowest BCUT2D eigenvalue weighted by atomic mass is 9.79. The number of hydrogen-bond donors (Lipinski definition) is 1. The molecule has 4 nitrogen and oxygen atoms in total. The lowest BCUT2D eigenvalue weighted by molar-refractivity contribution is -0.128. The molecule has 0 aromatic carbocycles. The van der Waals surface area contributed by atoms with Crippen LogP contribution in [0.2, 0.25) is 0 Å². The summed E-state index contributed by atoms with van der Waals surface area (Å²) in [5.74, 6) is 0.309. The van der Waals surface area contributed by atoms with Crippen molar-refractivity contribution in [2.75, 3.05) is 19.6 Å². The molecule has 2 amide bonds. The van der Waals surface area contributed by atoms with Crippen molar-refractivity contribution in [3.8, 4) is 0 Å². The van der Waals surface area contributed by atoms with Crippen molar-refractivity contribution < 1.29 is 9.59 Å². The fourth-order valence-electron chi connectivity index (χ4n) is 3.15. The summed E-state index contributed by atoms with van der Waals surface area (Å²) in [4.78, 5) is 27.0. The van der Waals surface area contributed by atoms with E-state index in [1.54, 1.807) is 0 Å². The van der Waals surface area contributed by atoms with E-state index in [-0.39, 0.29) is 17.2 Å². The van der Waals surface area contributed by atoms with Crippen molar-refractivity contribution in [3.05, 3.63) is 22.4 Å². The van der Waals surface area contributed by atoms with Crippen LogP contribution >= 0.6 is 11.3 Å². The zero-order valence-corrected chi connectivity index (χ0v) is 11.7. The highest BCUT2D eigenvalue weighted by Crippen LogP contribution is 2.38. The van der Waals surface area contributed by atoms with Gasteiger partial charge in [-0.25, -0.2) is 0 Å². The van der Waals surface area contributed by atoms with Gasteiger partial charge in [0.1, 0.15) is 0 Å². The quantitative estimate of drug-likeness (QED) is 0.852. The minimum atomic E-state index is -0.204. The Balaban J connectivity index is 1.71. The molecule has 3 rings (SSSR count). The zero-order chi connectivity index (χ0) is 13.3. The van der Waals surface area contributed by atoms with Crippen LogP contribution in [-0.2, 0) is 4.79 Å². The third-order valence-corrected chi connectivity index (χ3v) is 5.19. The van der Waals surface area contributed by atoms with Crippen LogP contribution < -0.4 is 5.32 Å². The Morgan fingerprint density at radius 1 is 1.32 bits per heavy atom. The summed E-state index contributed by atoms with van der Waals surface area (Å²) in [6.45, 7) is 2.26. The van der Waals surface area contributed by atoms with Crippen LogP contribution in [-0.4, -0.2) is 36.3 Å². The predicted octanol–water partition coefficient (Wildman–Crippen LogP) is 1.88. The highest BCUT2D eigenvalue weighted by Gasteiger charge is 2.43. The number of carbonyl (C=O) groups excluding carboxylic acids is 2. The number of nitrogens with zero attached hydrogens (tertiary/aromatic N) is 1. The molecule has 1 spiro atoms. The van der Waals surface area contributed by atoms with Crippen LogP contribution in [0.4, 0.5) is 0 Å². The summed E-state index contributed by atoms with van der Waals surface area (Å²) in [6.07, 6.45) is 3.56. The molecule has 3 heterocycles. The van der Waals surface area contributed by atoms with Crippen molar-refractivity contribution in [1.29, 1.82) is 0 Å². The molecule has 2 saturated heterocycles. The number of amides is 2. The number of nitrogens with one attached hydrogen (secondary N) is 1. The third-order valence-electron chi connectivity index (χ3n) is 4.33. The van der Waals surface area contributed by atoms with E-state index in [0.29, 0.717) is 6.54 Å². The molecule has 0 aliphatic carbocycles. The van der Waals surface area contributed by atoms with Gasteiger partial charge in [0.05, 0.1) is 10.3 Å². The Morgan fingerprint density at radius 2 is 2.21 bits per heavy atom. The van der Waals surface area contributed by atoms with E-state index in [1.807, 2.05) is 22.4 Å². The number of likely N-dealkylation sites (tertiary alicyclic amines) is 1. The summed E-state index contributed by atoms with van der Waals surface area (Å²) < 4.78 is 0. The van der Waals surface area contributed by atoms with Gasteiger partial charge in [0.25, 0.3) is 5.91 Å². The van der Waals surface area contributed by atoms with Gasteiger partial charge in [-0.1, -0.05) is 6.07 Å². The number of thiophene rings is 1. The van der Waals surface area contributed by atoms with Gasteiger partial charge >= 0.3 is 0 Å². The van der Waals surface area contributed by atoms with E-state index in [2.05, 4.69) is 5.32 Å². The van der Waals surface area contributed by atoms with Crippen molar-refractivity contribution in [3.63, 3.8) is 0 Å². The fraction of sp³-hybridized carbons (Fsp3) is 0.571. The maximum absolute atomic E-state index is 12.3. The van der Waals surface area contributed by atoms with Crippen LogP contribution in [0.3, 0.4) is 0 Å². The first kappa shape index (κ1) is 12.7. The van der Waals surface area contributed by atoms with Gasteiger partial charge in [-0.05, 0) is 37.1 Å². The SMILES string of the molecule is O=C(c1cccs1)N1CCC[C@@]2(CCNC2=O)CC1. The average molecular weight is 278 g/mol. The summed E-state index contributed by atoms with van der Waals surface area (Å²) in [5, 5.41) is 4.87. The predicted molar refractivity (Wildman–Crippen MR) is 74.1 cm³/mol. The van der Waals surface area contributed by atoms with Crippen molar-refractivity contribution >= 4 is 23.2 Å². The molecular weight excluding hydrogens is 260 g/mol. The Morgan fingerprint density at radius 3 is 2.89 bits per heavy atom. The van der Waals surface area contributed by atoms with Crippen molar-refractivity contribution in [2.24, 2.45) is 5.41 Å². The molecule has 102 valence electrons. The highest BCUT2D eigenvalue weighted by molar-refractivity contribution is 7.12. The van der Waals surface area contributed by atoms with Crippen molar-refractivity contribution in [1.82, 2.24) is 10.2 Å². The molecule has 0 bridgehead atoms. The first-order chi connectivity index (χ1) is 9.21. The molecule has 0 radical (unpaired) electrons. The Hall–Kier alpha value is -1.36. The highest BCUT2D eigenvalue weighted by atomic mass is 32.1. The van der Waals surface area contributed by atoms with Crippen LogP contribution in [0, 0.1) is 5.41 Å². The lowest BCUT2D eigenvalue weighted by Gasteiger charge is -2.24. The van der Waals surface area contributed by atoms with Gasteiger partial charge < -0.3 is 10.2 Å². The summed E-state index contributed by atoms with van der Waals surface area (Å²) >= 11 is 1.49. The molecule has 1 atom stereocenters.